The van der Waals surface area contributed by atoms with Gasteiger partial charge in [0.25, 0.3) is 0 Å². The minimum Gasteiger partial charge on any atom is -0.491 e. The molecule has 0 aliphatic carbocycles. The van der Waals surface area contributed by atoms with Crippen LogP contribution >= 0.6 is 0 Å². The zero-order chi connectivity index (χ0) is 20.7. The van der Waals surface area contributed by atoms with Crippen molar-refractivity contribution in [3.05, 3.63) is 42.0 Å². The number of amides is 3. The lowest BCUT2D eigenvalue weighted by molar-refractivity contribution is -0.136. The lowest BCUT2D eigenvalue weighted by Crippen LogP contribution is -2.34. The first-order chi connectivity index (χ1) is 13.3. The fourth-order valence-corrected chi connectivity index (χ4v) is 2.17. The van der Waals surface area contributed by atoms with Crippen molar-refractivity contribution in [3.63, 3.8) is 0 Å². The second-order valence-electron chi connectivity index (χ2n) is 6.05. The Hall–Kier alpha value is -3.43. The third-order valence-corrected chi connectivity index (χ3v) is 3.64. The van der Waals surface area contributed by atoms with Gasteiger partial charge in [-0.1, -0.05) is 6.07 Å². The summed E-state index contributed by atoms with van der Waals surface area (Å²) in [7, 11) is 3.24. The monoisotopic (exact) mass is 391 g/mol. The molecule has 1 aromatic carbocycles. The Kier molecular flexibility index (Phi) is 7.08. The van der Waals surface area contributed by atoms with Crippen LogP contribution in [-0.2, 0) is 27.5 Å². The van der Waals surface area contributed by atoms with E-state index in [9.17, 15) is 18.8 Å². The van der Waals surface area contributed by atoms with E-state index in [1.165, 1.54) is 34.1 Å². The molecule has 0 unspecified atom stereocenters. The molecule has 0 spiro atoms. The highest BCUT2D eigenvalue weighted by Crippen LogP contribution is 2.18. The first-order valence-corrected chi connectivity index (χ1v) is 8.53. The van der Waals surface area contributed by atoms with E-state index in [2.05, 4.69) is 15.7 Å². The van der Waals surface area contributed by atoms with Gasteiger partial charge in [-0.05, 0) is 24.6 Å². The van der Waals surface area contributed by atoms with Crippen LogP contribution in [0.2, 0.25) is 0 Å². The molecule has 0 saturated heterocycles. The van der Waals surface area contributed by atoms with Crippen LogP contribution in [0.3, 0.4) is 0 Å². The van der Waals surface area contributed by atoms with Gasteiger partial charge in [-0.2, -0.15) is 5.10 Å². The molecule has 0 atom stereocenters. The number of likely N-dealkylation sites (N-methyl/N-ethyl adjacent to an activating group) is 1. The summed E-state index contributed by atoms with van der Waals surface area (Å²) in [5.41, 5.74) is 0.760. The molecule has 9 nitrogen and oxygen atoms in total. The predicted octanol–water partition coefficient (Wildman–Crippen LogP) is 0.764. The Morgan fingerprint density at radius 2 is 2.00 bits per heavy atom. The van der Waals surface area contributed by atoms with Crippen molar-refractivity contribution in [2.45, 2.75) is 20.0 Å². The van der Waals surface area contributed by atoms with E-state index >= 15 is 0 Å². The van der Waals surface area contributed by atoms with Crippen LogP contribution in [0.1, 0.15) is 12.5 Å². The molecule has 3 amide bonds. The summed E-state index contributed by atoms with van der Waals surface area (Å²) in [6.07, 6.45) is 2.77. The highest BCUT2D eigenvalue weighted by Gasteiger charge is 2.15. The van der Waals surface area contributed by atoms with Gasteiger partial charge in [-0.3, -0.25) is 19.1 Å². The van der Waals surface area contributed by atoms with E-state index in [1.54, 1.807) is 27.1 Å². The van der Waals surface area contributed by atoms with Crippen LogP contribution in [0.5, 0.6) is 5.75 Å². The summed E-state index contributed by atoms with van der Waals surface area (Å²) in [6, 6.07) is 4.29. The van der Waals surface area contributed by atoms with E-state index in [0.29, 0.717) is 12.2 Å². The van der Waals surface area contributed by atoms with Gasteiger partial charge in [0, 0.05) is 26.8 Å². The van der Waals surface area contributed by atoms with Crippen molar-refractivity contribution >= 4 is 23.4 Å². The summed E-state index contributed by atoms with van der Waals surface area (Å²) >= 11 is 0. The van der Waals surface area contributed by atoms with Crippen LogP contribution < -0.4 is 15.4 Å². The average molecular weight is 391 g/mol. The molecule has 2 rings (SSSR count). The molecule has 0 saturated carbocycles. The van der Waals surface area contributed by atoms with Crippen molar-refractivity contribution in [2.24, 2.45) is 0 Å². The van der Waals surface area contributed by atoms with Gasteiger partial charge in [0.1, 0.15) is 6.54 Å². The molecular weight excluding hydrogens is 369 g/mol. The smallest absolute Gasteiger partial charge is 0.313 e. The molecule has 150 valence electrons. The number of nitrogens with one attached hydrogen (secondary N) is 2. The Morgan fingerprint density at radius 3 is 2.64 bits per heavy atom. The molecule has 0 bridgehead atoms. The molecule has 10 heteroatoms. The fourth-order valence-electron chi connectivity index (χ4n) is 2.17. The van der Waals surface area contributed by atoms with Crippen LogP contribution in [0.4, 0.5) is 10.1 Å². The lowest BCUT2D eigenvalue weighted by atomic mass is 10.2. The number of rotatable bonds is 7. The van der Waals surface area contributed by atoms with Gasteiger partial charge in [-0.25, -0.2) is 4.39 Å². The van der Waals surface area contributed by atoms with Gasteiger partial charge in [0.2, 0.25) is 5.91 Å². The van der Waals surface area contributed by atoms with Crippen LogP contribution in [-0.4, -0.2) is 53.1 Å². The van der Waals surface area contributed by atoms with Gasteiger partial charge in [0.05, 0.1) is 18.5 Å². The van der Waals surface area contributed by atoms with Crippen molar-refractivity contribution in [1.82, 2.24) is 20.0 Å². The summed E-state index contributed by atoms with van der Waals surface area (Å²) in [6.45, 7) is 2.08. The summed E-state index contributed by atoms with van der Waals surface area (Å²) < 4.78 is 20.2. The largest absolute Gasteiger partial charge is 0.491 e. The maximum absolute atomic E-state index is 13.8. The van der Waals surface area contributed by atoms with Gasteiger partial charge in [0.15, 0.2) is 11.6 Å². The number of halogens is 1. The number of benzene rings is 1. The zero-order valence-electron chi connectivity index (χ0n) is 15.9. The van der Waals surface area contributed by atoms with E-state index in [4.69, 9.17) is 4.74 Å². The maximum atomic E-state index is 13.8. The minimum absolute atomic E-state index is 0.0123. The van der Waals surface area contributed by atoms with Gasteiger partial charge >= 0.3 is 11.8 Å². The maximum Gasteiger partial charge on any atom is 0.313 e. The summed E-state index contributed by atoms with van der Waals surface area (Å²) in [5, 5.41) is 8.74. The molecule has 0 aliphatic rings. The summed E-state index contributed by atoms with van der Waals surface area (Å²) in [4.78, 5) is 36.9. The van der Waals surface area contributed by atoms with E-state index in [0.717, 1.165) is 0 Å². The van der Waals surface area contributed by atoms with Gasteiger partial charge in [-0.15, -0.1) is 0 Å². The fraction of sp³-hybridized carbons (Fsp3) is 0.333. The van der Waals surface area contributed by atoms with Crippen molar-refractivity contribution < 1.29 is 23.5 Å². The number of carbonyl (C=O) groups excluding carboxylic acids is 3. The number of ether oxygens (including phenoxy) is 1. The lowest BCUT2D eigenvalue weighted by Gasteiger charge is -2.09. The standard InChI is InChI=1S/C18H22FN5O4/c1-4-28-15-6-5-12(7-14(15)19)8-20-17(26)18(27)22-13-9-21-24(10-13)11-16(25)23(2)3/h5-7,9-10H,4,8,11H2,1-3H3,(H,20,26)(H,22,27). The van der Waals surface area contributed by atoms with Gasteiger partial charge < -0.3 is 20.3 Å². The Labute approximate surface area is 161 Å². The highest BCUT2D eigenvalue weighted by atomic mass is 19.1. The molecule has 0 fully saturated rings. The molecule has 0 radical (unpaired) electrons. The highest BCUT2D eigenvalue weighted by molar-refractivity contribution is 6.39. The Bertz CT molecular complexity index is 865. The number of anilines is 1. The first kappa shape index (κ1) is 20.9. The van der Waals surface area contributed by atoms with Crippen LogP contribution in [0, 0.1) is 5.82 Å². The Balaban J connectivity index is 1.86. The molecule has 2 aromatic rings. The second-order valence-corrected chi connectivity index (χ2v) is 6.05. The van der Waals surface area contributed by atoms with E-state index in [-0.39, 0.29) is 30.4 Å². The van der Waals surface area contributed by atoms with E-state index in [1.807, 2.05) is 0 Å². The quantitative estimate of drug-likeness (QED) is 0.678. The van der Waals surface area contributed by atoms with Crippen LogP contribution in [0.15, 0.2) is 30.6 Å². The molecule has 0 aliphatic heterocycles. The predicted molar refractivity (Wildman–Crippen MR) is 99.0 cm³/mol. The number of hydrogen-bond donors (Lipinski definition) is 2. The topological polar surface area (TPSA) is 106 Å². The molecular formula is C18H22FN5O4. The molecule has 1 heterocycles. The first-order valence-electron chi connectivity index (χ1n) is 8.53. The van der Waals surface area contributed by atoms with Crippen LogP contribution in [0.25, 0.3) is 0 Å². The van der Waals surface area contributed by atoms with Crippen molar-refractivity contribution in [2.75, 3.05) is 26.0 Å². The third-order valence-electron chi connectivity index (χ3n) is 3.64. The SMILES string of the molecule is CCOc1ccc(CNC(=O)C(=O)Nc2cnn(CC(=O)N(C)C)c2)cc1F. The van der Waals surface area contributed by atoms with E-state index < -0.39 is 17.6 Å². The number of carbonyl (C=O) groups is 3. The van der Waals surface area contributed by atoms with Crippen molar-refractivity contribution in [1.29, 1.82) is 0 Å². The zero-order valence-corrected chi connectivity index (χ0v) is 15.9. The normalized spacial score (nSPS) is 10.3. The third kappa shape index (κ3) is 5.79. The molecule has 28 heavy (non-hydrogen) atoms. The number of nitrogens with zero attached hydrogens (tertiary/aromatic N) is 3. The van der Waals surface area contributed by atoms with Crippen molar-refractivity contribution in [3.8, 4) is 5.75 Å². The number of hydrogen-bond acceptors (Lipinski definition) is 5. The summed E-state index contributed by atoms with van der Waals surface area (Å²) in [5.74, 6) is -2.37. The number of aromatic nitrogens is 2. The molecule has 2 N–H and O–H groups in total. The average Bonchev–Trinajstić information content (AvgIpc) is 3.08. The second kappa shape index (κ2) is 9.49. The minimum atomic E-state index is -0.898. The molecule has 1 aromatic heterocycles. The Morgan fingerprint density at radius 1 is 1.25 bits per heavy atom.